The Hall–Kier alpha value is -1.42. The molecule has 1 atom stereocenters. The molecule has 0 rings (SSSR count). The predicted molar refractivity (Wildman–Crippen MR) is 88.5 cm³/mol. The Morgan fingerprint density at radius 2 is 1.55 bits per heavy atom. The summed E-state index contributed by atoms with van der Waals surface area (Å²) in [5.74, 6) is -1.08. The van der Waals surface area contributed by atoms with Crippen LogP contribution in [0.1, 0.15) is 64.7 Å². The van der Waals surface area contributed by atoms with E-state index in [1.165, 1.54) is 46.1 Å². The molecule has 0 aromatic heterocycles. The molecule has 0 aliphatic rings. The van der Waals surface area contributed by atoms with E-state index in [0.29, 0.717) is 6.42 Å². The highest BCUT2D eigenvalue weighted by Crippen LogP contribution is 2.13. The van der Waals surface area contributed by atoms with Crippen molar-refractivity contribution in [3.05, 3.63) is 24.3 Å². The Kier molecular flexibility index (Phi) is 12.4. The van der Waals surface area contributed by atoms with Gasteiger partial charge >= 0.3 is 5.97 Å². The number of ketones is 1. The van der Waals surface area contributed by atoms with Crippen molar-refractivity contribution in [1.29, 1.82) is 0 Å². The van der Waals surface area contributed by atoms with Crippen molar-refractivity contribution >= 4 is 11.8 Å². The fourth-order valence-electron chi connectivity index (χ4n) is 2.22. The van der Waals surface area contributed by atoms with Crippen LogP contribution in [0.4, 0.5) is 0 Å². The number of carbonyl (C=O) groups is 2. The lowest BCUT2D eigenvalue weighted by Gasteiger charge is -2.10. The summed E-state index contributed by atoms with van der Waals surface area (Å²) in [5, 5.41) is 9.71. The average molecular weight is 310 g/mol. The van der Waals surface area contributed by atoms with Gasteiger partial charge in [-0.1, -0.05) is 44.3 Å². The van der Waals surface area contributed by atoms with Crippen LogP contribution in [0.3, 0.4) is 0 Å². The smallest absolute Gasteiger partial charge is 0.336 e. The summed E-state index contributed by atoms with van der Waals surface area (Å²) >= 11 is 0. The Morgan fingerprint density at radius 1 is 1.05 bits per heavy atom. The molecule has 0 saturated carbocycles. The van der Waals surface area contributed by atoms with Gasteiger partial charge in [0, 0.05) is 0 Å². The average Bonchev–Trinajstić information content (AvgIpc) is 2.51. The highest BCUT2D eigenvalue weighted by Gasteiger charge is 2.22. The molecule has 0 fully saturated rings. The molecule has 0 saturated heterocycles. The van der Waals surface area contributed by atoms with Crippen molar-refractivity contribution in [2.24, 2.45) is 0 Å². The molecule has 4 nitrogen and oxygen atoms in total. The Morgan fingerprint density at radius 3 is 2.00 bits per heavy atom. The van der Waals surface area contributed by atoms with Crippen LogP contribution in [0.2, 0.25) is 0 Å². The van der Waals surface area contributed by atoms with E-state index in [1.807, 2.05) is 6.08 Å². The Labute approximate surface area is 134 Å². The van der Waals surface area contributed by atoms with Crippen LogP contribution < -0.4 is 0 Å². The van der Waals surface area contributed by atoms with E-state index in [2.05, 4.69) is 11.3 Å². The maximum atomic E-state index is 11.5. The number of esters is 1. The maximum Gasteiger partial charge on any atom is 0.336 e. The van der Waals surface area contributed by atoms with Gasteiger partial charge in [-0.25, -0.2) is 4.79 Å². The molecule has 0 bridgehead atoms. The monoisotopic (exact) mass is 310 g/mol. The molecule has 0 heterocycles. The summed E-state index contributed by atoms with van der Waals surface area (Å²) < 4.78 is 4.60. The van der Waals surface area contributed by atoms with Crippen LogP contribution in [-0.2, 0) is 14.3 Å². The van der Waals surface area contributed by atoms with Gasteiger partial charge in [0.25, 0.3) is 0 Å². The summed E-state index contributed by atoms with van der Waals surface area (Å²) in [6.07, 6.45) is 12.1. The summed E-state index contributed by atoms with van der Waals surface area (Å²) in [4.78, 5) is 22.7. The lowest BCUT2D eigenvalue weighted by Crippen LogP contribution is -2.25. The number of rotatable bonds is 13. The van der Waals surface area contributed by atoms with Crippen LogP contribution >= 0.6 is 0 Å². The van der Waals surface area contributed by atoms with E-state index in [4.69, 9.17) is 0 Å². The number of carbonyl (C=O) groups excluding carboxylic acids is 2. The zero-order chi connectivity index (χ0) is 16.8. The molecular weight excluding hydrogens is 280 g/mol. The molecule has 0 unspecified atom stereocenters. The van der Waals surface area contributed by atoms with Gasteiger partial charge in [0.15, 0.2) is 5.78 Å². The molecule has 0 aromatic rings. The third-order valence-electron chi connectivity index (χ3n) is 3.58. The molecule has 0 aliphatic heterocycles. The van der Waals surface area contributed by atoms with E-state index in [1.54, 1.807) is 6.08 Å². The van der Waals surface area contributed by atoms with Gasteiger partial charge in [-0.05, 0) is 32.6 Å². The number of unbranched alkanes of at least 4 members (excludes halogenated alkanes) is 8. The van der Waals surface area contributed by atoms with E-state index in [0.717, 1.165) is 19.3 Å². The molecule has 0 spiro atoms. The van der Waals surface area contributed by atoms with Gasteiger partial charge in [-0.3, -0.25) is 4.79 Å². The minimum absolute atomic E-state index is 0.0550. The zero-order valence-corrected chi connectivity index (χ0v) is 14.0. The molecule has 4 heteroatoms. The summed E-state index contributed by atoms with van der Waals surface area (Å²) in [7, 11) is 1.25. The number of allylic oxidation sites excluding steroid dienone is 2. The van der Waals surface area contributed by atoms with Gasteiger partial charge in [0.2, 0.25) is 0 Å². The topological polar surface area (TPSA) is 63.6 Å². The highest BCUT2D eigenvalue weighted by molar-refractivity contribution is 5.98. The van der Waals surface area contributed by atoms with Crippen molar-refractivity contribution in [2.75, 3.05) is 7.11 Å². The van der Waals surface area contributed by atoms with Crippen molar-refractivity contribution in [3.63, 3.8) is 0 Å². The second-order valence-corrected chi connectivity index (χ2v) is 5.51. The first kappa shape index (κ1) is 20.6. The van der Waals surface area contributed by atoms with Crippen molar-refractivity contribution in [1.82, 2.24) is 0 Å². The molecule has 0 radical (unpaired) electrons. The lowest BCUT2D eigenvalue weighted by molar-refractivity contribution is -0.139. The van der Waals surface area contributed by atoms with Gasteiger partial charge < -0.3 is 9.84 Å². The second-order valence-electron chi connectivity index (χ2n) is 5.51. The number of hydrogen-bond donors (Lipinski definition) is 1. The molecule has 22 heavy (non-hydrogen) atoms. The molecule has 126 valence electrons. The van der Waals surface area contributed by atoms with Crippen LogP contribution in [0.25, 0.3) is 0 Å². The third kappa shape index (κ3) is 9.50. The first-order valence-electron chi connectivity index (χ1n) is 8.12. The van der Waals surface area contributed by atoms with Crippen LogP contribution in [0.5, 0.6) is 0 Å². The Balaban J connectivity index is 3.93. The summed E-state index contributed by atoms with van der Waals surface area (Å²) in [5.41, 5.74) is 0.0550. The fraction of sp³-hybridized carbons (Fsp3) is 0.667. The number of hydrogen-bond acceptors (Lipinski definition) is 4. The highest BCUT2D eigenvalue weighted by atomic mass is 16.5. The lowest BCUT2D eigenvalue weighted by atomic mass is 10.0. The SMILES string of the molecule is C=CCCCCCCCCC/C=C(/C(=O)OC)[C@H](O)C(C)=O. The minimum Gasteiger partial charge on any atom is -0.466 e. The largest absolute Gasteiger partial charge is 0.466 e. The number of methoxy groups -OCH3 is 1. The van der Waals surface area contributed by atoms with E-state index >= 15 is 0 Å². The van der Waals surface area contributed by atoms with Crippen LogP contribution in [0, 0.1) is 0 Å². The number of ether oxygens (including phenoxy) is 1. The standard InChI is InChI=1S/C18H30O4/c1-4-5-6-7-8-9-10-11-12-13-14-16(18(21)22-3)17(20)15(2)19/h4,14,17,20H,1,5-13H2,2-3H3/b16-14+/t17-/m1/s1. The maximum absolute atomic E-state index is 11.5. The molecule has 0 amide bonds. The van der Waals surface area contributed by atoms with Crippen LogP contribution in [0.15, 0.2) is 24.3 Å². The molecule has 0 aliphatic carbocycles. The zero-order valence-electron chi connectivity index (χ0n) is 14.0. The van der Waals surface area contributed by atoms with Crippen molar-refractivity contribution < 1.29 is 19.4 Å². The molecule has 1 N–H and O–H groups in total. The number of aliphatic hydroxyl groups is 1. The summed E-state index contributed by atoms with van der Waals surface area (Å²) in [6.45, 7) is 4.96. The normalized spacial score (nSPS) is 12.8. The molecule has 0 aromatic carbocycles. The quantitative estimate of drug-likeness (QED) is 0.244. The number of aliphatic hydroxyl groups excluding tert-OH is 1. The number of Topliss-reactive ketones (excluding diaryl/α,β-unsaturated/α-hetero) is 1. The van der Waals surface area contributed by atoms with Crippen LogP contribution in [-0.4, -0.2) is 30.1 Å². The van der Waals surface area contributed by atoms with E-state index in [9.17, 15) is 14.7 Å². The predicted octanol–water partition coefficient (Wildman–Crippen LogP) is 3.73. The van der Waals surface area contributed by atoms with Crippen molar-refractivity contribution in [3.8, 4) is 0 Å². The van der Waals surface area contributed by atoms with Gasteiger partial charge in [0.05, 0.1) is 12.7 Å². The first-order valence-corrected chi connectivity index (χ1v) is 8.12. The summed E-state index contributed by atoms with van der Waals surface area (Å²) in [6, 6.07) is 0. The third-order valence-corrected chi connectivity index (χ3v) is 3.58. The fourth-order valence-corrected chi connectivity index (χ4v) is 2.22. The van der Waals surface area contributed by atoms with E-state index in [-0.39, 0.29) is 5.57 Å². The molecular formula is C18H30O4. The van der Waals surface area contributed by atoms with Gasteiger partial charge in [0.1, 0.15) is 6.10 Å². The first-order chi connectivity index (χ1) is 10.5. The van der Waals surface area contributed by atoms with Gasteiger partial charge in [-0.2, -0.15) is 0 Å². The second kappa shape index (κ2) is 13.3. The van der Waals surface area contributed by atoms with E-state index < -0.39 is 17.9 Å². The van der Waals surface area contributed by atoms with Gasteiger partial charge in [-0.15, -0.1) is 6.58 Å². The van der Waals surface area contributed by atoms with Crippen molar-refractivity contribution in [2.45, 2.75) is 70.8 Å². The Bertz CT molecular complexity index is 371. The minimum atomic E-state index is -1.38.